The van der Waals surface area contributed by atoms with E-state index >= 15 is 0 Å². The average molecular weight is 1310 g/mol. The summed E-state index contributed by atoms with van der Waals surface area (Å²) in [5.41, 5.74) is 9.35. The molecular weight excluding hydrogens is 1230 g/mol. The number of aryl methyl sites for hydroxylation is 1. The van der Waals surface area contributed by atoms with Crippen molar-refractivity contribution in [2.45, 2.75) is 156 Å². The van der Waals surface area contributed by atoms with Gasteiger partial charge in [0.1, 0.15) is 103 Å². The van der Waals surface area contributed by atoms with Gasteiger partial charge in [-0.2, -0.15) is 0 Å². The van der Waals surface area contributed by atoms with Gasteiger partial charge in [0, 0.05) is 46.7 Å². The number of hydrogen-bond acceptors (Lipinski definition) is 18. The van der Waals surface area contributed by atoms with Gasteiger partial charge in [-0.25, -0.2) is 29.9 Å². The van der Waals surface area contributed by atoms with E-state index in [-0.39, 0.29) is 71.8 Å². The normalized spacial score (nSPS) is 22.1. The van der Waals surface area contributed by atoms with Crippen LogP contribution < -0.4 is 60.3 Å². The van der Waals surface area contributed by atoms with Crippen molar-refractivity contribution in [3.8, 4) is 0 Å². The second-order valence-corrected chi connectivity index (χ2v) is 27.3. The van der Waals surface area contributed by atoms with Crippen molar-refractivity contribution in [1.82, 2.24) is 64.5 Å². The van der Waals surface area contributed by atoms with Gasteiger partial charge in [-0.3, -0.25) is 56.9 Å². The molecule has 4 saturated carbocycles. The smallest absolute Gasteiger partial charge is 0.276 e. The maximum Gasteiger partial charge on any atom is 0.276 e. The van der Waals surface area contributed by atoms with Crippen molar-refractivity contribution >= 4 is 81.4 Å². The van der Waals surface area contributed by atoms with Gasteiger partial charge in [0.2, 0.25) is 0 Å². The number of ketones is 1. The first-order valence-corrected chi connectivity index (χ1v) is 31.3. The molecule has 3 aliphatic heterocycles. The zero-order valence-corrected chi connectivity index (χ0v) is 54.8. The summed E-state index contributed by atoms with van der Waals surface area (Å²) < 4.78 is 4.90. The van der Waals surface area contributed by atoms with Crippen molar-refractivity contribution in [3.05, 3.63) is 178 Å². The highest BCUT2D eigenvalue weighted by Crippen LogP contribution is 2.54. The number of aromatic nitrogens is 10. The Morgan fingerprint density at radius 2 is 0.978 bits per heavy atom. The zero-order chi connectivity index (χ0) is 67.6. The molecule has 490 valence electrons. The monoisotopic (exact) mass is 1310 g/mol. The van der Waals surface area contributed by atoms with E-state index < -0.39 is 28.5 Å². The molecule has 14 rings (SSSR count). The summed E-state index contributed by atoms with van der Waals surface area (Å²) in [5.74, 6) is 0.818. The number of anilines is 5. The number of carbonyl (C=O) groups excluding carboxylic acids is 5. The van der Waals surface area contributed by atoms with Crippen LogP contribution in [0, 0.1) is 28.6 Å². The Morgan fingerprint density at radius 3 is 1.32 bits per heavy atom. The largest absolute Gasteiger partial charge is 0.384 e. The summed E-state index contributed by atoms with van der Waals surface area (Å²) in [5, 5.41) is 15.5. The minimum absolute atomic E-state index is 0.0139. The first kappa shape index (κ1) is 67.9. The lowest BCUT2D eigenvalue weighted by atomic mass is 9.81. The molecule has 3 spiro atoms. The molecule has 4 amide bonds. The summed E-state index contributed by atoms with van der Waals surface area (Å²) in [6.45, 7) is 18.5. The number of fused-ring (bicyclic) bond motifs is 6. The Kier molecular flexibility index (Phi) is 19.2. The van der Waals surface area contributed by atoms with Gasteiger partial charge in [-0.05, 0) is 144 Å². The van der Waals surface area contributed by atoms with Crippen LogP contribution in [0.1, 0.15) is 180 Å². The number of aromatic amines is 1. The number of amides is 4. The summed E-state index contributed by atoms with van der Waals surface area (Å²) in [7, 11) is 0. The molecule has 3 atom stereocenters. The molecule has 10 heterocycles. The number of nitrogens with one attached hydrogen (secondary N) is 6. The quantitative estimate of drug-likeness (QED) is 0.0802. The van der Waals surface area contributed by atoms with Crippen molar-refractivity contribution in [3.63, 3.8) is 0 Å². The number of nitrogens with zero attached hydrogens (tertiary/aromatic N) is 9. The number of hydrogen-bond donors (Lipinski definition) is 8. The number of Topliss-reactive ketones (excluding diaryl/α,β-unsaturated/α-hetero) is 1. The third kappa shape index (κ3) is 13.1. The molecule has 7 aromatic heterocycles. The van der Waals surface area contributed by atoms with E-state index in [1.165, 1.54) is 31.1 Å². The molecule has 0 aromatic carbocycles. The fourth-order valence-corrected chi connectivity index (χ4v) is 14.0. The van der Waals surface area contributed by atoms with Crippen LogP contribution in [0.5, 0.6) is 0 Å². The number of halogens is 2. The van der Waals surface area contributed by atoms with E-state index in [2.05, 4.69) is 103 Å². The Balaban J connectivity index is 0.000000139. The van der Waals surface area contributed by atoms with Crippen LogP contribution in [-0.2, 0) is 21.8 Å². The molecule has 0 bridgehead atoms. The minimum Gasteiger partial charge on any atom is -0.384 e. The molecule has 3 unspecified atom stereocenters. The minimum atomic E-state index is -0.682. The van der Waals surface area contributed by atoms with Crippen LogP contribution in [-0.4, -0.2) is 78.0 Å². The summed E-state index contributed by atoms with van der Waals surface area (Å²) in [6.07, 6.45) is 20.2. The third-order valence-electron chi connectivity index (χ3n) is 19.1. The second-order valence-electron chi connectivity index (χ2n) is 26.5. The second kappa shape index (κ2) is 26.3. The maximum absolute atomic E-state index is 13.1. The number of nitrogens with two attached hydrogens (primary N) is 2. The summed E-state index contributed by atoms with van der Waals surface area (Å²) in [4.78, 5) is 133. The highest BCUT2D eigenvalue weighted by atomic mass is 35.5. The van der Waals surface area contributed by atoms with Gasteiger partial charge in [0.15, 0.2) is 0 Å². The van der Waals surface area contributed by atoms with Crippen LogP contribution in [0.2, 0.25) is 10.0 Å². The Labute approximate surface area is 545 Å². The van der Waals surface area contributed by atoms with Gasteiger partial charge in [0.05, 0.1) is 0 Å². The molecule has 7 aromatic rings. The van der Waals surface area contributed by atoms with E-state index in [0.717, 1.165) is 82.6 Å². The van der Waals surface area contributed by atoms with Gasteiger partial charge in [0.25, 0.3) is 45.9 Å². The lowest BCUT2D eigenvalue weighted by molar-refractivity contribution is -0.124. The van der Waals surface area contributed by atoms with Crippen LogP contribution in [0.25, 0.3) is 0 Å². The zero-order valence-electron chi connectivity index (χ0n) is 53.3. The highest BCUT2D eigenvalue weighted by Gasteiger charge is 2.59. The molecule has 4 fully saturated rings. The molecule has 28 heteroatoms. The predicted molar refractivity (Wildman–Crippen MR) is 351 cm³/mol. The molecule has 0 saturated heterocycles. The number of pyridine rings is 4. The number of carbonyl (C=O) groups is 5. The van der Waals surface area contributed by atoms with Gasteiger partial charge in [-0.15, -0.1) is 0 Å². The number of nitrogen functional groups attached to an aromatic ring is 1. The molecule has 93 heavy (non-hydrogen) atoms. The number of primary amides is 1. The summed E-state index contributed by atoms with van der Waals surface area (Å²) in [6, 6.07) is 15.9. The highest BCUT2D eigenvalue weighted by molar-refractivity contribution is 6.30. The van der Waals surface area contributed by atoms with Crippen molar-refractivity contribution in [1.29, 1.82) is 0 Å². The van der Waals surface area contributed by atoms with Gasteiger partial charge in [-0.1, -0.05) is 78.6 Å². The van der Waals surface area contributed by atoms with E-state index in [1.807, 2.05) is 20.8 Å². The molecule has 4 aliphatic carbocycles. The number of rotatable bonds is 5. The molecule has 26 nitrogen and oxygen atoms in total. The first-order chi connectivity index (χ1) is 43.8. The SMILES string of the molecule is CC1(C)CCCC12NC(=O)c1ccc(Nc3ccncn3)c(=O)n12.CC1(C)CCCC12NC(=O)c1ccc(Nc3ccncn3)c(=O)n12.CC1(C)CCCC1=O.Cc1cc(Cl)c(=O)n2c1C(=O)NC21CCCC1(C)C.NC(=O)c1ccc(Cl)c(=O)[nH]1.Nc1ccncn1. The topological polar surface area (TPSA) is 374 Å². The molecular formula is C65H77Cl2N17O9. The average Bonchev–Trinajstić information content (AvgIpc) is 1.58. The third-order valence-corrected chi connectivity index (χ3v) is 19.6. The standard InChI is InChI=1S/2C17H19N5O2.C14H17ClN2O2.C7H12O.C6H5ClN2O2.C4H5N3/c2*1-16(2)7-3-8-17(16)21-14(23)12-5-4-11(15(24)22(12)17)20-13-6-9-18-10-19-13;1-8-7-9(15)12(19)17-10(8)11(18)16-14(17)6-4-5-13(14,2)3;1-7(2)5-3-4-6(7)8;7-3-1-2-4(5(8)10)9-6(3)11;5-4-1-2-6-3-7-4/h2*4-6,9-10H,3,7-8H2,1-2H3,(H,21,23)(H,18,19,20);7H,4-6H2,1-3H3,(H,16,18);3-5H2,1-2H3;1-2H,(H2,8,10)(H,9,11);1-3H,(H2,5,6,7). The van der Waals surface area contributed by atoms with Gasteiger partial charge >= 0.3 is 0 Å². The van der Waals surface area contributed by atoms with Crippen LogP contribution in [0.15, 0.2) is 117 Å². The van der Waals surface area contributed by atoms with Crippen LogP contribution >= 0.6 is 23.2 Å². The summed E-state index contributed by atoms with van der Waals surface area (Å²) >= 11 is 11.4. The fraction of sp³-hybridized carbons (Fsp3) is 0.431. The van der Waals surface area contributed by atoms with Gasteiger partial charge < -0.3 is 43.0 Å². The molecule has 7 aliphatic rings. The van der Waals surface area contributed by atoms with E-state index in [1.54, 1.807) is 80.8 Å². The lowest BCUT2D eigenvalue weighted by Gasteiger charge is -2.39. The Hall–Kier alpha value is -9.43. The van der Waals surface area contributed by atoms with Crippen molar-refractivity contribution in [2.24, 2.45) is 27.4 Å². The predicted octanol–water partition coefficient (Wildman–Crippen LogP) is 8.34. The maximum atomic E-state index is 13.1. The number of H-pyrrole nitrogens is 1. The van der Waals surface area contributed by atoms with Crippen molar-refractivity contribution < 1.29 is 24.0 Å². The molecule has 0 radical (unpaired) electrons. The van der Waals surface area contributed by atoms with E-state index in [0.29, 0.717) is 51.7 Å². The van der Waals surface area contributed by atoms with E-state index in [4.69, 9.17) is 34.7 Å². The van der Waals surface area contributed by atoms with Crippen LogP contribution in [0.3, 0.4) is 0 Å². The molecule has 10 N–H and O–H groups in total. The lowest BCUT2D eigenvalue weighted by Crippen LogP contribution is -2.54. The first-order valence-electron chi connectivity index (χ1n) is 30.6. The van der Waals surface area contributed by atoms with Crippen LogP contribution in [0.4, 0.5) is 28.8 Å². The Morgan fingerprint density at radius 1 is 0.527 bits per heavy atom. The van der Waals surface area contributed by atoms with E-state index in [9.17, 15) is 43.2 Å². The fourth-order valence-electron chi connectivity index (χ4n) is 13.7. The Bertz CT molecular complexity index is 4140. The van der Waals surface area contributed by atoms with Crippen molar-refractivity contribution in [2.75, 3.05) is 16.4 Å².